The summed E-state index contributed by atoms with van der Waals surface area (Å²) in [6.45, 7) is 1.96. The number of carbonyl (C=O) groups is 1. The smallest absolute Gasteiger partial charge is 0.303 e. The van der Waals surface area contributed by atoms with Crippen LogP contribution in [0, 0.1) is 6.92 Å². The van der Waals surface area contributed by atoms with Crippen LogP contribution < -0.4 is 9.04 Å². The minimum Gasteiger partial charge on any atom is -0.497 e. The molecule has 0 aromatic heterocycles. The molecule has 0 aliphatic carbocycles. The number of aryl methyl sites for hydroxylation is 1. The third-order valence-corrected chi connectivity index (χ3v) is 5.56. The van der Waals surface area contributed by atoms with Gasteiger partial charge in [-0.3, -0.25) is 9.10 Å². The zero-order chi connectivity index (χ0) is 18.4. The van der Waals surface area contributed by atoms with Gasteiger partial charge >= 0.3 is 5.97 Å². The summed E-state index contributed by atoms with van der Waals surface area (Å²) in [5, 5.41) is 8.83. The number of benzene rings is 2. The number of ether oxygens (including phenoxy) is 1. The molecule has 6 nitrogen and oxygen atoms in total. The van der Waals surface area contributed by atoms with Crippen molar-refractivity contribution in [2.24, 2.45) is 0 Å². The fourth-order valence-corrected chi connectivity index (χ4v) is 3.85. The molecule has 2 aromatic rings. The van der Waals surface area contributed by atoms with E-state index >= 15 is 0 Å². The first-order valence-electron chi connectivity index (χ1n) is 7.80. The first kappa shape index (κ1) is 18.8. The molecular weight excluding hydrogens is 342 g/mol. The molecule has 0 heterocycles. The topological polar surface area (TPSA) is 83.9 Å². The van der Waals surface area contributed by atoms with Crippen LogP contribution in [0.5, 0.6) is 5.75 Å². The Morgan fingerprint density at radius 1 is 1.08 bits per heavy atom. The second kappa shape index (κ2) is 8.02. The van der Waals surface area contributed by atoms with E-state index in [2.05, 4.69) is 0 Å². The highest BCUT2D eigenvalue weighted by Crippen LogP contribution is 2.26. The standard InChI is InChI=1S/C18H21NO5S/c1-14-5-11-17(12-6-14)25(22,23)19(13-3-4-18(20)21)15-7-9-16(24-2)10-8-15/h5-12H,3-4,13H2,1-2H3,(H,20,21). The lowest BCUT2D eigenvalue weighted by Gasteiger charge is -2.24. The summed E-state index contributed by atoms with van der Waals surface area (Å²) in [6, 6.07) is 13.2. The maximum absolute atomic E-state index is 13.0. The molecule has 0 spiro atoms. The van der Waals surface area contributed by atoms with Gasteiger partial charge in [-0.2, -0.15) is 0 Å². The predicted octanol–water partition coefficient (Wildman–Crippen LogP) is 3.06. The van der Waals surface area contributed by atoms with E-state index in [9.17, 15) is 13.2 Å². The zero-order valence-corrected chi connectivity index (χ0v) is 15.0. The van der Waals surface area contributed by atoms with E-state index in [1.54, 1.807) is 48.5 Å². The van der Waals surface area contributed by atoms with Crippen LogP contribution in [0.25, 0.3) is 0 Å². The van der Waals surface area contributed by atoms with Gasteiger partial charge in [-0.05, 0) is 49.7 Å². The second-order valence-corrected chi connectivity index (χ2v) is 7.45. The Balaban J connectivity index is 2.37. The number of carboxylic acids is 1. The molecule has 0 saturated heterocycles. The first-order valence-corrected chi connectivity index (χ1v) is 9.24. The Bertz CT molecular complexity index is 814. The van der Waals surface area contributed by atoms with Crippen LogP contribution in [0.1, 0.15) is 18.4 Å². The first-order chi connectivity index (χ1) is 11.8. The molecule has 0 bridgehead atoms. The van der Waals surface area contributed by atoms with Crippen molar-refractivity contribution < 1.29 is 23.1 Å². The highest BCUT2D eigenvalue weighted by Gasteiger charge is 2.24. The Labute approximate surface area is 147 Å². The Morgan fingerprint density at radius 2 is 1.68 bits per heavy atom. The van der Waals surface area contributed by atoms with Gasteiger partial charge < -0.3 is 9.84 Å². The number of hydrogen-bond donors (Lipinski definition) is 1. The van der Waals surface area contributed by atoms with E-state index in [4.69, 9.17) is 9.84 Å². The number of anilines is 1. The maximum Gasteiger partial charge on any atom is 0.303 e. The summed E-state index contributed by atoms with van der Waals surface area (Å²) in [5.74, 6) is -0.343. The molecule has 1 N–H and O–H groups in total. The van der Waals surface area contributed by atoms with E-state index in [1.165, 1.54) is 11.4 Å². The highest BCUT2D eigenvalue weighted by atomic mass is 32.2. The van der Waals surface area contributed by atoms with Gasteiger partial charge in [-0.15, -0.1) is 0 Å². The molecule has 0 unspecified atom stereocenters. The van der Waals surface area contributed by atoms with Gasteiger partial charge in [0, 0.05) is 13.0 Å². The van der Waals surface area contributed by atoms with Crippen molar-refractivity contribution in [2.45, 2.75) is 24.7 Å². The van der Waals surface area contributed by atoms with Gasteiger partial charge in [0.25, 0.3) is 10.0 Å². The van der Waals surface area contributed by atoms with Crippen molar-refractivity contribution in [1.82, 2.24) is 0 Å². The van der Waals surface area contributed by atoms with Gasteiger partial charge in [-0.25, -0.2) is 8.42 Å². The van der Waals surface area contributed by atoms with Crippen LogP contribution in [0.3, 0.4) is 0 Å². The van der Waals surface area contributed by atoms with Crippen molar-refractivity contribution in [3.8, 4) is 5.75 Å². The molecule has 0 radical (unpaired) electrons. The van der Waals surface area contributed by atoms with Crippen LogP contribution >= 0.6 is 0 Å². The summed E-state index contributed by atoms with van der Waals surface area (Å²) >= 11 is 0. The van der Waals surface area contributed by atoms with E-state index < -0.39 is 16.0 Å². The number of hydrogen-bond acceptors (Lipinski definition) is 4. The van der Waals surface area contributed by atoms with E-state index in [-0.39, 0.29) is 24.3 Å². The van der Waals surface area contributed by atoms with Crippen molar-refractivity contribution in [1.29, 1.82) is 0 Å². The quantitative estimate of drug-likeness (QED) is 0.779. The molecular formula is C18H21NO5S. The van der Waals surface area contributed by atoms with E-state index in [0.717, 1.165) is 5.56 Å². The van der Waals surface area contributed by atoms with Gasteiger partial charge in [0.05, 0.1) is 17.7 Å². The maximum atomic E-state index is 13.0. The minimum atomic E-state index is -3.79. The molecule has 0 saturated carbocycles. The van der Waals surface area contributed by atoms with Gasteiger partial charge in [0.2, 0.25) is 0 Å². The Hall–Kier alpha value is -2.54. The Kier molecular flexibility index (Phi) is 6.03. The summed E-state index contributed by atoms with van der Waals surface area (Å²) in [7, 11) is -2.26. The van der Waals surface area contributed by atoms with E-state index in [1.807, 2.05) is 6.92 Å². The highest BCUT2D eigenvalue weighted by molar-refractivity contribution is 7.92. The second-order valence-electron chi connectivity index (χ2n) is 5.59. The number of sulfonamides is 1. The normalized spacial score (nSPS) is 11.1. The molecule has 2 rings (SSSR count). The molecule has 0 atom stereocenters. The number of aliphatic carboxylic acids is 1. The third kappa shape index (κ3) is 4.73. The third-order valence-electron chi connectivity index (χ3n) is 3.72. The number of carboxylic acid groups (broad SMARTS) is 1. The summed E-state index contributed by atoms with van der Waals surface area (Å²) < 4.78 is 32.4. The Morgan fingerprint density at radius 3 is 2.20 bits per heavy atom. The average Bonchev–Trinajstić information content (AvgIpc) is 2.59. The van der Waals surface area contributed by atoms with Crippen molar-refractivity contribution in [3.63, 3.8) is 0 Å². The van der Waals surface area contributed by atoms with Crippen LogP contribution in [-0.2, 0) is 14.8 Å². The molecule has 0 amide bonds. The van der Waals surface area contributed by atoms with E-state index in [0.29, 0.717) is 11.4 Å². The fraction of sp³-hybridized carbons (Fsp3) is 0.278. The zero-order valence-electron chi connectivity index (χ0n) is 14.2. The van der Waals surface area contributed by atoms with Gasteiger partial charge in [-0.1, -0.05) is 17.7 Å². The van der Waals surface area contributed by atoms with Crippen LogP contribution in [0.4, 0.5) is 5.69 Å². The number of nitrogens with zero attached hydrogens (tertiary/aromatic N) is 1. The van der Waals surface area contributed by atoms with Crippen molar-refractivity contribution in [3.05, 3.63) is 54.1 Å². The van der Waals surface area contributed by atoms with Crippen molar-refractivity contribution in [2.75, 3.05) is 18.0 Å². The monoisotopic (exact) mass is 363 g/mol. The minimum absolute atomic E-state index is 0.0782. The van der Waals surface area contributed by atoms with Crippen molar-refractivity contribution >= 4 is 21.7 Å². The lowest BCUT2D eigenvalue weighted by molar-refractivity contribution is -0.137. The predicted molar refractivity (Wildman–Crippen MR) is 95.6 cm³/mol. The SMILES string of the molecule is COc1ccc(N(CCCC(=O)O)S(=O)(=O)c2ccc(C)cc2)cc1. The summed E-state index contributed by atoms with van der Waals surface area (Å²) in [6.07, 6.45) is 0.114. The largest absolute Gasteiger partial charge is 0.497 e. The molecule has 2 aromatic carbocycles. The molecule has 0 aliphatic rings. The fourth-order valence-electron chi connectivity index (χ4n) is 2.35. The molecule has 7 heteroatoms. The molecule has 134 valence electrons. The van der Waals surface area contributed by atoms with Crippen LogP contribution in [0.15, 0.2) is 53.4 Å². The number of methoxy groups -OCH3 is 1. The summed E-state index contributed by atoms with van der Waals surface area (Å²) in [4.78, 5) is 10.9. The lowest BCUT2D eigenvalue weighted by atomic mass is 10.2. The van der Waals surface area contributed by atoms with Gasteiger partial charge in [0.15, 0.2) is 0 Å². The molecule has 0 aliphatic heterocycles. The lowest BCUT2D eigenvalue weighted by Crippen LogP contribution is -2.32. The number of rotatable bonds is 8. The molecule has 25 heavy (non-hydrogen) atoms. The molecule has 0 fully saturated rings. The van der Waals surface area contributed by atoms with Crippen LogP contribution in [0.2, 0.25) is 0 Å². The van der Waals surface area contributed by atoms with Gasteiger partial charge in [0.1, 0.15) is 5.75 Å². The van der Waals surface area contributed by atoms with Crippen LogP contribution in [-0.4, -0.2) is 33.1 Å². The summed E-state index contributed by atoms with van der Waals surface area (Å²) in [5.41, 5.74) is 1.42. The average molecular weight is 363 g/mol.